The van der Waals surface area contributed by atoms with E-state index in [9.17, 15) is 0 Å². The van der Waals surface area contributed by atoms with Crippen molar-refractivity contribution in [1.82, 2.24) is 39.3 Å². The van der Waals surface area contributed by atoms with Gasteiger partial charge in [0.25, 0.3) is 0 Å². The van der Waals surface area contributed by atoms with Gasteiger partial charge in [0.1, 0.15) is 28.6 Å². The predicted octanol–water partition coefficient (Wildman–Crippen LogP) is 4.40. The summed E-state index contributed by atoms with van der Waals surface area (Å²) in [5, 5.41) is 4.57. The number of ether oxygens (including phenoxy) is 1. The highest BCUT2D eigenvalue weighted by atomic mass is 16.5. The molecule has 0 spiro atoms. The van der Waals surface area contributed by atoms with Crippen molar-refractivity contribution in [2.45, 2.75) is 83.4 Å². The zero-order valence-electron chi connectivity index (χ0n) is 20.3. The maximum Gasteiger partial charge on any atom is 0.182 e. The molecule has 9 heteroatoms. The molecule has 4 aromatic heterocycles. The largest absolute Gasteiger partial charge is 0.373 e. The molecule has 2 aliphatic heterocycles. The fourth-order valence-corrected chi connectivity index (χ4v) is 5.34. The van der Waals surface area contributed by atoms with Gasteiger partial charge in [0.2, 0.25) is 0 Å². The second-order valence-electron chi connectivity index (χ2n) is 10.3. The summed E-state index contributed by atoms with van der Waals surface area (Å²) in [5.74, 6) is 2.14. The van der Waals surface area contributed by atoms with E-state index in [1.165, 1.54) is 25.7 Å². The number of hydrogen-bond acceptors (Lipinski definition) is 7. The molecule has 35 heavy (non-hydrogen) atoms. The topological polar surface area (TPSA) is 96.4 Å². The average Bonchev–Trinajstić information content (AvgIpc) is 3.44. The van der Waals surface area contributed by atoms with Gasteiger partial charge in [-0.25, -0.2) is 24.9 Å². The van der Waals surface area contributed by atoms with Crippen LogP contribution in [0.4, 0.5) is 0 Å². The highest BCUT2D eigenvalue weighted by molar-refractivity contribution is 5.85. The zero-order chi connectivity index (χ0) is 23.5. The highest BCUT2D eigenvalue weighted by Gasteiger charge is 2.31. The van der Waals surface area contributed by atoms with E-state index in [0.717, 1.165) is 71.3 Å². The first-order valence-corrected chi connectivity index (χ1v) is 12.9. The summed E-state index contributed by atoms with van der Waals surface area (Å²) >= 11 is 0. The molecule has 3 aliphatic rings. The minimum absolute atomic E-state index is 0.00903. The number of nitrogens with zero attached hydrogens (tertiary/aromatic N) is 8. The highest BCUT2D eigenvalue weighted by Crippen LogP contribution is 2.39. The van der Waals surface area contributed by atoms with E-state index in [1.54, 1.807) is 0 Å². The molecule has 1 saturated carbocycles. The van der Waals surface area contributed by atoms with Gasteiger partial charge < -0.3 is 9.30 Å². The van der Waals surface area contributed by atoms with Crippen LogP contribution in [-0.4, -0.2) is 45.9 Å². The Balaban J connectivity index is 1.28. The van der Waals surface area contributed by atoms with Crippen molar-refractivity contribution in [3.8, 4) is 11.4 Å². The molecule has 7 rings (SSSR count). The number of imidazole rings is 1. The molecule has 9 nitrogen and oxygen atoms in total. The van der Waals surface area contributed by atoms with E-state index < -0.39 is 0 Å². The van der Waals surface area contributed by atoms with E-state index in [2.05, 4.69) is 26.7 Å². The van der Waals surface area contributed by atoms with Gasteiger partial charge in [-0.05, 0) is 52.4 Å². The first-order chi connectivity index (χ1) is 17.1. The van der Waals surface area contributed by atoms with Crippen molar-refractivity contribution in [3.63, 3.8) is 0 Å². The third-order valence-corrected chi connectivity index (χ3v) is 7.67. The van der Waals surface area contributed by atoms with Gasteiger partial charge in [-0.2, -0.15) is 5.10 Å². The minimum atomic E-state index is 0.00903. The Morgan fingerprint density at radius 1 is 0.943 bits per heavy atom. The molecule has 180 valence electrons. The fourth-order valence-electron chi connectivity index (χ4n) is 5.34. The van der Waals surface area contributed by atoms with Crippen LogP contribution in [0.3, 0.4) is 0 Å². The quantitative estimate of drug-likeness (QED) is 0.436. The summed E-state index contributed by atoms with van der Waals surface area (Å²) < 4.78 is 10.5. The second-order valence-corrected chi connectivity index (χ2v) is 10.3. The molecule has 0 radical (unpaired) electrons. The van der Waals surface area contributed by atoms with Crippen LogP contribution in [0.15, 0.2) is 18.6 Å². The van der Waals surface area contributed by atoms with Gasteiger partial charge in [-0.3, -0.25) is 4.68 Å². The van der Waals surface area contributed by atoms with Crippen molar-refractivity contribution in [3.05, 3.63) is 47.2 Å². The van der Waals surface area contributed by atoms with Crippen LogP contribution in [0.25, 0.3) is 22.6 Å². The van der Waals surface area contributed by atoms with Crippen LogP contribution in [0.1, 0.15) is 85.2 Å². The summed E-state index contributed by atoms with van der Waals surface area (Å²) in [6.45, 7) is 5.67. The van der Waals surface area contributed by atoms with Gasteiger partial charge >= 0.3 is 0 Å². The summed E-state index contributed by atoms with van der Waals surface area (Å²) in [4.78, 5) is 24.7. The predicted molar refractivity (Wildman–Crippen MR) is 130 cm³/mol. The number of hydrogen-bond donors (Lipinski definition) is 0. The first-order valence-electron chi connectivity index (χ1n) is 12.9. The normalized spacial score (nSPS) is 22.5. The average molecular weight is 471 g/mol. The number of rotatable bonds is 4. The van der Waals surface area contributed by atoms with Crippen LogP contribution in [-0.2, 0) is 17.7 Å². The van der Waals surface area contributed by atoms with Crippen molar-refractivity contribution < 1.29 is 4.74 Å². The lowest BCUT2D eigenvalue weighted by Crippen LogP contribution is -2.20. The van der Waals surface area contributed by atoms with Crippen LogP contribution >= 0.6 is 0 Å². The van der Waals surface area contributed by atoms with Gasteiger partial charge in [0, 0.05) is 43.4 Å². The Bertz CT molecular complexity index is 1390. The van der Waals surface area contributed by atoms with E-state index in [4.69, 9.17) is 29.7 Å². The molecule has 0 amide bonds. The second kappa shape index (κ2) is 8.19. The molecule has 6 heterocycles. The van der Waals surface area contributed by atoms with Crippen molar-refractivity contribution in [1.29, 1.82) is 0 Å². The van der Waals surface area contributed by atoms with E-state index in [1.807, 2.05) is 20.0 Å². The van der Waals surface area contributed by atoms with Gasteiger partial charge in [0.05, 0.1) is 29.7 Å². The molecule has 0 aromatic carbocycles. The lowest BCUT2D eigenvalue weighted by atomic mass is 9.92. The molecule has 4 aromatic rings. The Labute approximate surface area is 204 Å². The smallest absolute Gasteiger partial charge is 0.182 e. The summed E-state index contributed by atoms with van der Waals surface area (Å²) in [6, 6.07) is 0.570. The van der Waals surface area contributed by atoms with Crippen molar-refractivity contribution in [2.24, 2.45) is 0 Å². The number of fused-ring (bicyclic) bond motifs is 2. The Morgan fingerprint density at radius 3 is 2.69 bits per heavy atom. The molecule has 0 bridgehead atoms. The number of aromatic nitrogens is 8. The minimum Gasteiger partial charge on any atom is -0.373 e. The third kappa shape index (κ3) is 3.82. The summed E-state index contributed by atoms with van der Waals surface area (Å²) in [7, 11) is 0. The molecular weight excluding hydrogens is 440 g/mol. The number of aryl methyl sites for hydroxylation is 4. The van der Waals surface area contributed by atoms with E-state index >= 15 is 0 Å². The fraction of sp³-hybridized carbons (Fsp3) is 0.538. The van der Waals surface area contributed by atoms with Gasteiger partial charge in [-0.15, -0.1) is 0 Å². The van der Waals surface area contributed by atoms with Crippen LogP contribution in [0.5, 0.6) is 0 Å². The van der Waals surface area contributed by atoms with Gasteiger partial charge in [0.15, 0.2) is 5.65 Å². The standard InChI is InChI=1S/C26H30N8O/c1-15-16(2)29-26-24(28-15)23(20-14-33-9-4-3-5-22(33)30-20)31-25(32-26)17-8-10-35-21(11-17)18-12-27-34(13-18)19-6-7-19/h12-14,17,19,21H,3-11H2,1-2H3/t17-,21+/m1/s1. The maximum absolute atomic E-state index is 6.17. The van der Waals surface area contributed by atoms with Crippen LogP contribution < -0.4 is 0 Å². The van der Waals surface area contributed by atoms with E-state index in [-0.39, 0.29) is 12.0 Å². The Hall–Kier alpha value is -3.20. The third-order valence-electron chi connectivity index (χ3n) is 7.67. The molecule has 1 aliphatic carbocycles. The molecule has 0 unspecified atom stereocenters. The van der Waals surface area contributed by atoms with Gasteiger partial charge in [-0.1, -0.05) is 0 Å². The lowest BCUT2D eigenvalue weighted by Gasteiger charge is -2.28. The van der Waals surface area contributed by atoms with Crippen LogP contribution in [0.2, 0.25) is 0 Å². The maximum atomic E-state index is 6.17. The molecular formula is C26H30N8O. The molecule has 1 saturated heterocycles. The lowest BCUT2D eigenvalue weighted by molar-refractivity contribution is 0.00396. The Morgan fingerprint density at radius 2 is 1.83 bits per heavy atom. The van der Waals surface area contributed by atoms with Crippen LogP contribution in [0, 0.1) is 13.8 Å². The molecule has 2 atom stereocenters. The molecule has 2 fully saturated rings. The monoisotopic (exact) mass is 470 g/mol. The van der Waals surface area contributed by atoms with Crippen molar-refractivity contribution in [2.75, 3.05) is 6.61 Å². The first kappa shape index (κ1) is 21.1. The van der Waals surface area contributed by atoms with Crippen molar-refractivity contribution >= 4 is 11.2 Å². The summed E-state index contributed by atoms with van der Waals surface area (Å²) in [5.41, 5.74) is 6.02. The van der Waals surface area contributed by atoms with E-state index in [0.29, 0.717) is 18.3 Å². The SMILES string of the molecule is Cc1nc2nc([C@@H]3CCO[C@H](c4cnn(C5CC5)c4)C3)nc(-c3cn4c(n3)CCCC4)c2nc1C. The summed E-state index contributed by atoms with van der Waals surface area (Å²) in [6.07, 6.45) is 13.8. The molecule has 0 N–H and O–H groups in total. The Kier molecular flexibility index (Phi) is 4.94. The zero-order valence-corrected chi connectivity index (χ0v) is 20.3.